The number of carbonyl (C=O) groups excluding carboxylic acids is 1. The first-order valence-corrected chi connectivity index (χ1v) is 6.95. The van der Waals surface area contributed by atoms with Gasteiger partial charge in [0.1, 0.15) is 17.3 Å². The van der Waals surface area contributed by atoms with Crippen LogP contribution in [0.15, 0.2) is 28.7 Å². The minimum absolute atomic E-state index is 0.0533. The Kier molecular flexibility index (Phi) is 4.07. The fourth-order valence-electron chi connectivity index (χ4n) is 2.44. The number of carbonyl (C=O) groups is 1. The van der Waals surface area contributed by atoms with Crippen molar-refractivity contribution in [3.05, 3.63) is 52.5 Å². The highest BCUT2D eigenvalue weighted by Crippen LogP contribution is 2.27. The zero-order valence-corrected chi connectivity index (χ0v) is 13.1. The summed E-state index contributed by atoms with van der Waals surface area (Å²) in [6.07, 6.45) is 0. The van der Waals surface area contributed by atoms with Crippen molar-refractivity contribution in [3.8, 4) is 5.75 Å². The summed E-state index contributed by atoms with van der Waals surface area (Å²) in [4.78, 5) is 14.4. The lowest BCUT2D eigenvalue weighted by molar-refractivity contribution is 0.0740. The van der Waals surface area contributed by atoms with Gasteiger partial charge in [0.05, 0.1) is 11.6 Å². The maximum atomic E-state index is 12.7. The van der Waals surface area contributed by atoms with Crippen LogP contribution in [0, 0.1) is 20.8 Å². The summed E-state index contributed by atoms with van der Waals surface area (Å²) in [7, 11) is 1.78. The molecule has 1 aromatic carbocycles. The maximum Gasteiger partial charge on any atom is 0.257 e. The molecule has 1 aromatic heterocycles. The van der Waals surface area contributed by atoms with Crippen molar-refractivity contribution in [3.63, 3.8) is 0 Å². The molecule has 0 saturated carbocycles. The number of amides is 1. The highest BCUT2D eigenvalue weighted by atomic mass is 16.3. The maximum absolute atomic E-state index is 12.7. The SMILES string of the molecule is Cc1oc(C)c(C(=O)N(C)C(C)c2ccc(O)cc2)c1C. The van der Waals surface area contributed by atoms with E-state index in [2.05, 4.69) is 0 Å². The van der Waals surface area contributed by atoms with Gasteiger partial charge in [0.25, 0.3) is 5.91 Å². The second-order valence-electron chi connectivity index (χ2n) is 5.40. The van der Waals surface area contributed by atoms with Crippen molar-refractivity contribution in [1.82, 2.24) is 4.90 Å². The fraction of sp³-hybridized carbons (Fsp3) is 0.353. The molecule has 1 heterocycles. The minimum Gasteiger partial charge on any atom is -0.508 e. The average Bonchev–Trinajstić information content (AvgIpc) is 2.70. The molecule has 0 aliphatic heterocycles. The summed E-state index contributed by atoms with van der Waals surface area (Å²) in [5.41, 5.74) is 2.50. The standard InChI is InChI=1S/C17H21NO3/c1-10-12(3)21-13(4)16(10)17(20)18(5)11(2)14-6-8-15(19)9-7-14/h6-9,11,19H,1-5H3. The van der Waals surface area contributed by atoms with Crippen LogP contribution < -0.4 is 0 Å². The Bertz CT molecular complexity index is 655. The molecule has 21 heavy (non-hydrogen) atoms. The van der Waals surface area contributed by atoms with Crippen LogP contribution in [-0.2, 0) is 0 Å². The van der Waals surface area contributed by atoms with Gasteiger partial charge in [0.15, 0.2) is 0 Å². The van der Waals surface area contributed by atoms with Crippen LogP contribution in [-0.4, -0.2) is 23.0 Å². The molecule has 0 aliphatic rings. The highest BCUT2D eigenvalue weighted by molar-refractivity contribution is 5.97. The first-order chi connectivity index (χ1) is 9.82. The van der Waals surface area contributed by atoms with Crippen LogP contribution in [0.3, 0.4) is 0 Å². The summed E-state index contributed by atoms with van der Waals surface area (Å²) < 4.78 is 5.54. The number of aryl methyl sites for hydroxylation is 2. The van der Waals surface area contributed by atoms with Crippen LogP contribution >= 0.6 is 0 Å². The number of rotatable bonds is 3. The van der Waals surface area contributed by atoms with Gasteiger partial charge in [0.2, 0.25) is 0 Å². The fourth-order valence-corrected chi connectivity index (χ4v) is 2.44. The Hall–Kier alpha value is -2.23. The van der Waals surface area contributed by atoms with E-state index in [1.165, 1.54) is 0 Å². The molecule has 4 nitrogen and oxygen atoms in total. The van der Waals surface area contributed by atoms with Gasteiger partial charge in [-0.1, -0.05) is 12.1 Å². The normalized spacial score (nSPS) is 12.2. The molecule has 4 heteroatoms. The first-order valence-electron chi connectivity index (χ1n) is 6.95. The van der Waals surface area contributed by atoms with Gasteiger partial charge in [-0.2, -0.15) is 0 Å². The Morgan fingerprint density at radius 1 is 1.14 bits per heavy atom. The Morgan fingerprint density at radius 2 is 1.71 bits per heavy atom. The summed E-state index contributed by atoms with van der Waals surface area (Å²) >= 11 is 0. The topological polar surface area (TPSA) is 53.7 Å². The van der Waals surface area contributed by atoms with Gasteiger partial charge >= 0.3 is 0 Å². The Labute approximate surface area is 125 Å². The van der Waals surface area contributed by atoms with Gasteiger partial charge in [-0.05, 0) is 45.4 Å². The lowest BCUT2D eigenvalue weighted by Crippen LogP contribution is -2.30. The zero-order valence-electron chi connectivity index (χ0n) is 13.1. The summed E-state index contributed by atoms with van der Waals surface area (Å²) in [6, 6.07) is 6.81. The predicted octanol–water partition coefficient (Wildman–Crippen LogP) is 3.74. The largest absolute Gasteiger partial charge is 0.508 e. The number of hydrogen-bond donors (Lipinski definition) is 1. The Balaban J connectivity index is 2.28. The van der Waals surface area contributed by atoms with Crippen LogP contribution in [0.5, 0.6) is 5.75 Å². The molecule has 112 valence electrons. The number of hydrogen-bond acceptors (Lipinski definition) is 3. The third-order valence-electron chi connectivity index (χ3n) is 4.05. The van der Waals surface area contributed by atoms with E-state index in [-0.39, 0.29) is 17.7 Å². The van der Waals surface area contributed by atoms with Crippen LogP contribution in [0.25, 0.3) is 0 Å². The molecule has 0 bridgehead atoms. The number of benzene rings is 1. The van der Waals surface area contributed by atoms with Gasteiger partial charge < -0.3 is 14.4 Å². The van der Waals surface area contributed by atoms with Crippen LogP contribution in [0.4, 0.5) is 0 Å². The highest BCUT2D eigenvalue weighted by Gasteiger charge is 2.25. The number of nitrogens with zero attached hydrogens (tertiary/aromatic N) is 1. The molecule has 0 spiro atoms. The molecular weight excluding hydrogens is 266 g/mol. The molecule has 2 aromatic rings. The summed E-state index contributed by atoms with van der Waals surface area (Å²) in [5.74, 6) is 1.60. The molecule has 1 amide bonds. The van der Waals surface area contributed by atoms with Crippen LogP contribution in [0.1, 0.15) is 46.0 Å². The molecular formula is C17H21NO3. The molecule has 1 N–H and O–H groups in total. The van der Waals surface area contributed by atoms with Gasteiger partial charge in [-0.3, -0.25) is 4.79 Å². The van der Waals surface area contributed by atoms with Crippen molar-refractivity contribution < 1.29 is 14.3 Å². The van der Waals surface area contributed by atoms with E-state index >= 15 is 0 Å². The molecule has 0 aliphatic carbocycles. The van der Waals surface area contributed by atoms with Crippen molar-refractivity contribution in [2.24, 2.45) is 0 Å². The van der Waals surface area contributed by atoms with Crippen molar-refractivity contribution >= 4 is 5.91 Å². The van der Waals surface area contributed by atoms with Crippen molar-refractivity contribution in [1.29, 1.82) is 0 Å². The third-order valence-corrected chi connectivity index (χ3v) is 4.05. The molecule has 0 fully saturated rings. The third kappa shape index (κ3) is 2.79. The Morgan fingerprint density at radius 3 is 2.19 bits per heavy atom. The first kappa shape index (κ1) is 15.2. The molecule has 0 saturated heterocycles. The second-order valence-corrected chi connectivity index (χ2v) is 5.40. The monoisotopic (exact) mass is 287 g/mol. The molecule has 0 radical (unpaired) electrons. The summed E-state index contributed by atoms with van der Waals surface area (Å²) in [5, 5.41) is 9.35. The smallest absolute Gasteiger partial charge is 0.257 e. The van der Waals surface area contributed by atoms with E-state index in [0.29, 0.717) is 11.3 Å². The zero-order chi connectivity index (χ0) is 15.7. The lowest BCUT2D eigenvalue weighted by atomic mass is 10.0. The number of furan rings is 1. The van der Waals surface area contributed by atoms with Crippen molar-refractivity contribution in [2.45, 2.75) is 33.7 Å². The average molecular weight is 287 g/mol. The quantitative estimate of drug-likeness (QED) is 0.935. The van der Waals surface area contributed by atoms with E-state index in [0.717, 1.165) is 16.9 Å². The van der Waals surface area contributed by atoms with E-state index in [1.807, 2.05) is 39.8 Å². The van der Waals surface area contributed by atoms with E-state index in [1.54, 1.807) is 24.1 Å². The summed E-state index contributed by atoms with van der Waals surface area (Å²) in [6.45, 7) is 7.54. The van der Waals surface area contributed by atoms with Gasteiger partial charge in [-0.15, -0.1) is 0 Å². The predicted molar refractivity (Wildman–Crippen MR) is 81.5 cm³/mol. The number of phenolic OH excluding ortho intramolecular Hbond substituents is 1. The van der Waals surface area contributed by atoms with Crippen LogP contribution in [0.2, 0.25) is 0 Å². The molecule has 1 atom stereocenters. The van der Waals surface area contributed by atoms with Crippen molar-refractivity contribution in [2.75, 3.05) is 7.05 Å². The van der Waals surface area contributed by atoms with E-state index < -0.39 is 0 Å². The minimum atomic E-state index is -0.0906. The molecule has 1 unspecified atom stereocenters. The van der Waals surface area contributed by atoms with E-state index in [4.69, 9.17) is 4.42 Å². The number of phenols is 1. The lowest BCUT2D eigenvalue weighted by Gasteiger charge is -2.25. The van der Waals surface area contributed by atoms with Gasteiger partial charge in [0, 0.05) is 12.6 Å². The second kappa shape index (κ2) is 5.64. The van der Waals surface area contributed by atoms with E-state index in [9.17, 15) is 9.90 Å². The number of aromatic hydroxyl groups is 1. The van der Waals surface area contributed by atoms with Gasteiger partial charge in [-0.25, -0.2) is 0 Å². The molecule has 2 rings (SSSR count).